The minimum absolute atomic E-state index is 0. The van der Waals surface area contributed by atoms with Gasteiger partial charge in [-0.2, -0.15) is 0 Å². The molecule has 0 amide bonds. The minimum atomic E-state index is -0.0321. The zero-order chi connectivity index (χ0) is 16.9. The van der Waals surface area contributed by atoms with Crippen LogP contribution in [0, 0.1) is 0 Å². The molecule has 0 fully saturated rings. The molecule has 0 N–H and O–H groups in total. The number of rotatable bonds is 7. The smallest absolute Gasteiger partial charge is 0.219 e. The molecule has 2 nitrogen and oxygen atoms in total. The number of ketones is 1. The lowest BCUT2D eigenvalue weighted by molar-refractivity contribution is -0.918. The van der Waals surface area contributed by atoms with E-state index < -0.39 is 0 Å². The van der Waals surface area contributed by atoms with Crippen molar-refractivity contribution in [3.63, 3.8) is 0 Å². The van der Waals surface area contributed by atoms with Crippen molar-refractivity contribution in [2.24, 2.45) is 0 Å². The van der Waals surface area contributed by atoms with Gasteiger partial charge in [0.05, 0.1) is 14.1 Å². The van der Waals surface area contributed by atoms with Crippen molar-refractivity contribution in [2.75, 3.05) is 20.4 Å². The van der Waals surface area contributed by atoms with Gasteiger partial charge in [-0.3, -0.25) is 4.79 Å². The number of hydrogen-bond acceptors (Lipinski definition) is 2. The van der Waals surface area contributed by atoms with Crippen LogP contribution >= 0.6 is 11.8 Å². The lowest BCUT2D eigenvalue weighted by atomic mass is 9.98. The van der Waals surface area contributed by atoms with Crippen LogP contribution < -0.4 is 17.0 Å². The number of halogens is 1. The average molecular weight is 408 g/mol. The zero-order valence-electron chi connectivity index (χ0n) is 14.8. The second kappa shape index (κ2) is 9.40. The minimum Gasteiger partial charge on any atom is -1.00 e. The van der Waals surface area contributed by atoms with Gasteiger partial charge in [0.15, 0.2) is 6.04 Å². The molecule has 0 saturated heterocycles. The number of likely N-dealkylation sites (N-methyl/N-ethyl adjacent to an activating group) is 1. The first-order valence-electron chi connectivity index (χ1n) is 8.02. The third kappa shape index (κ3) is 5.20. The molecule has 2 rings (SSSR count). The monoisotopic (exact) mass is 407 g/mol. The highest BCUT2D eigenvalue weighted by molar-refractivity contribution is 7.98. The summed E-state index contributed by atoms with van der Waals surface area (Å²) < 4.78 is 0.670. The maximum Gasteiger partial charge on any atom is 0.219 e. The van der Waals surface area contributed by atoms with Gasteiger partial charge in [-0.05, 0) is 18.4 Å². The molecule has 2 aromatic carbocycles. The fourth-order valence-electron chi connectivity index (χ4n) is 3.11. The van der Waals surface area contributed by atoms with Crippen molar-refractivity contribution in [2.45, 2.75) is 30.8 Å². The van der Waals surface area contributed by atoms with E-state index in [1.54, 1.807) is 11.8 Å². The number of thioether (sulfide) groups is 1. The lowest BCUT2D eigenvalue weighted by Crippen LogP contribution is -3.00. The molecule has 0 heterocycles. The summed E-state index contributed by atoms with van der Waals surface area (Å²) in [6, 6.07) is 18.3. The summed E-state index contributed by atoms with van der Waals surface area (Å²) in [6.45, 7) is 2.96. The highest BCUT2D eigenvalue weighted by Crippen LogP contribution is 2.22. The van der Waals surface area contributed by atoms with E-state index in [-0.39, 0.29) is 28.8 Å². The van der Waals surface area contributed by atoms with Gasteiger partial charge in [0.2, 0.25) is 5.78 Å². The Morgan fingerprint density at radius 2 is 1.62 bits per heavy atom. The van der Waals surface area contributed by atoms with Crippen molar-refractivity contribution in [1.29, 1.82) is 0 Å². The van der Waals surface area contributed by atoms with Crippen LogP contribution in [0.5, 0.6) is 0 Å². The van der Waals surface area contributed by atoms with Crippen LogP contribution in [-0.2, 0) is 6.54 Å². The van der Waals surface area contributed by atoms with Crippen molar-refractivity contribution >= 4 is 17.5 Å². The molecule has 0 aliphatic rings. The van der Waals surface area contributed by atoms with Gasteiger partial charge in [-0.1, -0.05) is 49.4 Å². The van der Waals surface area contributed by atoms with Crippen LogP contribution in [0.4, 0.5) is 0 Å². The number of Topliss-reactive ketones (excluding diaryl/α,β-unsaturated/α-hetero) is 1. The van der Waals surface area contributed by atoms with E-state index in [1.807, 2.05) is 36.6 Å². The molecule has 4 heteroatoms. The molecular weight excluding hydrogens is 382 g/mol. The summed E-state index contributed by atoms with van der Waals surface area (Å²) in [5, 5.41) is 0. The summed E-state index contributed by atoms with van der Waals surface area (Å²) in [6.07, 6.45) is 2.88. The third-order valence-electron chi connectivity index (χ3n) is 4.34. The van der Waals surface area contributed by atoms with E-state index in [9.17, 15) is 4.79 Å². The quantitative estimate of drug-likeness (QED) is 0.394. The standard InChI is InChI=1S/C20H26NOS.BrH/c1-5-19(20(22)17-11-13-18(23-4)14-12-17)21(2,3)15-16-9-7-6-8-10-16;/h6-14,19H,5,15H2,1-4H3;1H/q+1;/p-1. The maximum atomic E-state index is 13.0. The van der Waals surface area contributed by atoms with Crippen LogP contribution in [0.2, 0.25) is 0 Å². The zero-order valence-corrected chi connectivity index (χ0v) is 17.2. The van der Waals surface area contributed by atoms with E-state index >= 15 is 0 Å². The Morgan fingerprint density at radius 3 is 2.12 bits per heavy atom. The van der Waals surface area contributed by atoms with Gasteiger partial charge in [0, 0.05) is 22.4 Å². The molecule has 0 radical (unpaired) electrons. The maximum absolute atomic E-state index is 13.0. The Labute approximate surface area is 160 Å². The Balaban J connectivity index is 0.00000288. The van der Waals surface area contributed by atoms with E-state index in [4.69, 9.17) is 0 Å². The normalized spacial score (nSPS) is 12.3. The molecule has 0 bridgehead atoms. The molecule has 130 valence electrons. The van der Waals surface area contributed by atoms with Crippen molar-refractivity contribution in [3.05, 3.63) is 65.7 Å². The largest absolute Gasteiger partial charge is 1.00 e. The molecule has 2 aromatic rings. The number of nitrogens with zero attached hydrogens (tertiary/aromatic N) is 1. The summed E-state index contributed by atoms with van der Waals surface area (Å²) >= 11 is 1.70. The summed E-state index contributed by atoms with van der Waals surface area (Å²) in [7, 11) is 4.30. The number of hydrogen-bond donors (Lipinski definition) is 0. The van der Waals surface area contributed by atoms with Gasteiger partial charge in [-0.25, -0.2) is 0 Å². The summed E-state index contributed by atoms with van der Waals surface area (Å²) in [5.41, 5.74) is 2.08. The first-order chi connectivity index (χ1) is 11.0. The number of carbonyl (C=O) groups excluding carboxylic acids is 1. The van der Waals surface area contributed by atoms with Crippen LogP contribution in [0.1, 0.15) is 29.3 Å². The van der Waals surface area contributed by atoms with E-state index in [0.717, 1.165) is 18.5 Å². The first-order valence-corrected chi connectivity index (χ1v) is 9.25. The van der Waals surface area contributed by atoms with Crippen LogP contribution in [-0.4, -0.2) is 36.7 Å². The SMILES string of the molecule is CCC(C(=O)c1ccc(SC)cc1)[N+](C)(C)Cc1ccccc1.[Br-]. The predicted octanol–water partition coefficient (Wildman–Crippen LogP) is 1.65. The number of quaternary nitrogens is 1. The molecule has 0 saturated carbocycles. The molecule has 0 aliphatic heterocycles. The fraction of sp³-hybridized carbons (Fsp3) is 0.350. The van der Waals surface area contributed by atoms with Crippen molar-refractivity contribution in [1.82, 2.24) is 0 Å². The van der Waals surface area contributed by atoms with E-state index in [0.29, 0.717) is 4.48 Å². The van der Waals surface area contributed by atoms with E-state index in [1.165, 1.54) is 10.5 Å². The number of benzene rings is 2. The summed E-state index contributed by atoms with van der Waals surface area (Å²) in [5.74, 6) is 0.237. The highest BCUT2D eigenvalue weighted by atomic mass is 79.9. The molecule has 0 aliphatic carbocycles. The molecule has 0 spiro atoms. The van der Waals surface area contributed by atoms with Crippen molar-refractivity contribution in [3.8, 4) is 0 Å². The average Bonchev–Trinajstić information content (AvgIpc) is 2.55. The molecule has 1 unspecified atom stereocenters. The third-order valence-corrected chi connectivity index (χ3v) is 5.08. The Bertz CT molecular complexity index is 640. The molecular formula is C20H26BrNOS. The van der Waals surface area contributed by atoms with Gasteiger partial charge < -0.3 is 21.5 Å². The Kier molecular flexibility index (Phi) is 8.20. The van der Waals surface area contributed by atoms with Crippen LogP contribution in [0.25, 0.3) is 0 Å². The molecule has 24 heavy (non-hydrogen) atoms. The van der Waals surface area contributed by atoms with Crippen LogP contribution in [0.15, 0.2) is 59.5 Å². The number of carbonyl (C=O) groups is 1. The van der Waals surface area contributed by atoms with Gasteiger partial charge in [0.1, 0.15) is 6.54 Å². The summed E-state index contributed by atoms with van der Waals surface area (Å²) in [4.78, 5) is 14.2. The van der Waals surface area contributed by atoms with Gasteiger partial charge in [-0.15, -0.1) is 11.8 Å². The van der Waals surface area contributed by atoms with Gasteiger partial charge >= 0.3 is 0 Å². The second-order valence-corrected chi connectivity index (χ2v) is 7.32. The van der Waals surface area contributed by atoms with Crippen LogP contribution in [0.3, 0.4) is 0 Å². The Morgan fingerprint density at radius 1 is 1.04 bits per heavy atom. The van der Waals surface area contributed by atoms with Crippen molar-refractivity contribution < 1.29 is 26.3 Å². The van der Waals surface area contributed by atoms with Gasteiger partial charge in [0.25, 0.3) is 0 Å². The Hall–Kier alpha value is -1.10. The molecule has 1 atom stereocenters. The van der Waals surface area contributed by atoms with E-state index in [2.05, 4.69) is 45.3 Å². The second-order valence-electron chi connectivity index (χ2n) is 6.44. The topological polar surface area (TPSA) is 17.1 Å². The lowest BCUT2D eigenvalue weighted by Gasteiger charge is -2.37. The highest BCUT2D eigenvalue weighted by Gasteiger charge is 2.34. The predicted molar refractivity (Wildman–Crippen MR) is 98.9 cm³/mol. The molecule has 0 aromatic heterocycles. The first kappa shape index (κ1) is 20.9. The fourth-order valence-corrected chi connectivity index (χ4v) is 3.52.